The van der Waals surface area contributed by atoms with Gasteiger partial charge in [-0.15, -0.1) is 11.3 Å². The Labute approximate surface area is 137 Å². The van der Waals surface area contributed by atoms with Gasteiger partial charge < -0.3 is 9.42 Å². The van der Waals surface area contributed by atoms with E-state index in [-0.39, 0.29) is 0 Å². The molecule has 4 rings (SSSR count). The van der Waals surface area contributed by atoms with Crippen molar-refractivity contribution in [3.8, 4) is 11.5 Å². The fraction of sp³-hybridized carbons (Fsp3) is 0.333. The molecule has 1 aliphatic rings. The standard InChI is InChI=1S/C15H16N6OS/c1-2-4-16-12(3-1)14-18-13(22-19-14)11-20-6-8-21(9-7-20)15-17-5-10-23-15/h1-5,10H,6-9,11H2. The summed E-state index contributed by atoms with van der Waals surface area (Å²) in [4.78, 5) is 17.7. The molecule has 3 aromatic rings. The third-order valence-corrected chi connectivity index (χ3v) is 4.62. The first kappa shape index (κ1) is 14.3. The van der Waals surface area contributed by atoms with Gasteiger partial charge in [0.15, 0.2) is 5.13 Å². The van der Waals surface area contributed by atoms with Crippen LogP contribution in [0.5, 0.6) is 0 Å². The lowest BCUT2D eigenvalue weighted by atomic mass is 10.3. The average molecular weight is 328 g/mol. The Morgan fingerprint density at radius 2 is 2.00 bits per heavy atom. The summed E-state index contributed by atoms with van der Waals surface area (Å²) in [5.74, 6) is 1.18. The number of piperazine rings is 1. The second-order valence-corrected chi connectivity index (χ2v) is 6.18. The van der Waals surface area contributed by atoms with E-state index in [4.69, 9.17) is 4.52 Å². The number of pyridine rings is 1. The Balaban J connectivity index is 1.36. The molecule has 0 aliphatic carbocycles. The zero-order valence-electron chi connectivity index (χ0n) is 12.5. The summed E-state index contributed by atoms with van der Waals surface area (Å²) in [6, 6.07) is 5.66. The van der Waals surface area contributed by atoms with Crippen LogP contribution >= 0.6 is 11.3 Å². The molecule has 3 aromatic heterocycles. The second kappa shape index (κ2) is 6.43. The molecule has 0 atom stereocenters. The Bertz CT molecular complexity index is 736. The summed E-state index contributed by atoms with van der Waals surface area (Å²) in [5.41, 5.74) is 0.732. The minimum Gasteiger partial charge on any atom is -0.346 e. The number of nitrogens with zero attached hydrogens (tertiary/aromatic N) is 6. The van der Waals surface area contributed by atoms with Crippen molar-refractivity contribution in [2.45, 2.75) is 6.54 Å². The van der Waals surface area contributed by atoms with Gasteiger partial charge in [-0.25, -0.2) is 4.98 Å². The highest BCUT2D eigenvalue weighted by atomic mass is 32.1. The van der Waals surface area contributed by atoms with Crippen molar-refractivity contribution in [2.75, 3.05) is 31.1 Å². The number of anilines is 1. The molecule has 0 radical (unpaired) electrons. The SMILES string of the molecule is c1ccc(-c2noc(CN3CCN(c4nccs4)CC3)n2)nc1. The minimum atomic E-state index is 0.544. The quantitative estimate of drug-likeness (QED) is 0.724. The van der Waals surface area contributed by atoms with Crippen LogP contribution in [-0.2, 0) is 6.54 Å². The van der Waals surface area contributed by atoms with Gasteiger partial charge in [0.2, 0.25) is 11.7 Å². The van der Waals surface area contributed by atoms with Crippen molar-refractivity contribution in [1.82, 2.24) is 25.0 Å². The van der Waals surface area contributed by atoms with Gasteiger partial charge in [0, 0.05) is 44.0 Å². The van der Waals surface area contributed by atoms with Gasteiger partial charge in [-0.1, -0.05) is 11.2 Å². The van der Waals surface area contributed by atoms with Crippen LogP contribution in [-0.4, -0.2) is 51.2 Å². The summed E-state index contributed by atoms with van der Waals surface area (Å²) >= 11 is 1.68. The number of aromatic nitrogens is 4. The van der Waals surface area contributed by atoms with E-state index in [1.807, 2.05) is 29.8 Å². The first-order valence-electron chi connectivity index (χ1n) is 7.49. The Morgan fingerprint density at radius 1 is 1.09 bits per heavy atom. The lowest BCUT2D eigenvalue weighted by Gasteiger charge is -2.33. The van der Waals surface area contributed by atoms with Crippen molar-refractivity contribution in [2.24, 2.45) is 0 Å². The largest absolute Gasteiger partial charge is 0.346 e. The van der Waals surface area contributed by atoms with Crippen molar-refractivity contribution in [1.29, 1.82) is 0 Å². The molecule has 0 saturated carbocycles. The molecule has 0 aromatic carbocycles. The molecule has 0 N–H and O–H groups in total. The molecule has 0 bridgehead atoms. The summed E-state index contributed by atoms with van der Waals surface area (Å²) in [5, 5.41) is 7.12. The van der Waals surface area contributed by atoms with Gasteiger partial charge in [0.1, 0.15) is 5.69 Å². The van der Waals surface area contributed by atoms with E-state index in [0.29, 0.717) is 18.3 Å². The summed E-state index contributed by atoms with van der Waals surface area (Å²) < 4.78 is 5.35. The summed E-state index contributed by atoms with van der Waals surface area (Å²) in [7, 11) is 0. The first-order valence-corrected chi connectivity index (χ1v) is 8.37. The molecule has 1 saturated heterocycles. The van der Waals surface area contributed by atoms with E-state index in [2.05, 4.69) is 29.9 Å². The topological polar surface area (TPSA) is 71.2 Å². The molecular formula is C15H16N6OS. The lowest BCUT2D eigenvalue weighted by Crippen LogP contribution is -2.46. The molecule has 1 aliphatic heterocycles. The average Bonchev–Trinajstić information content (AvgIpc) is 3.28. The number of hydrogen-bond acceptors (Lipinski definition) is 8. The third kappa shape index (κ3) is 3.22. The van der Waals surface area contributed by atoms with Gasteiger partial charge in [-0.05, 0) is 12.1 Å². The van der Waals surface area contributed by atoms with Crippen LogP contribution in [0.25, 0.3) is 11.5 Å². The normalized spacial score (nSPS) is 15.9. The Morgan fingerprint density at radius 3 is 2.74 bits per heavy atom. The van der Waals surface area contributed by atoms with E-state index >= 15 is 0 Å². The van der Waals surface area contributed by atoms with Crippen LogP contribution in [0.3, 0.4) is 0 Å². The van der Waals surface area contributed by atoms with Gasteiger partial charge in [-0.3, -0.25) is 9.88 Å². The van der Waals surface area contributed by atoms with Crippen molar-refractivity contribution >= 4 is 16.5 Å². The molecule has 23 heavy (non-hydrogen) atoms. The Hall–Kier alpha value is -2.32. The molecule has 0 unspecified atom stereocenters. The highest BCUT2D eigenvalue weighted by molar-refractivity contribution is 7.13. The highest BCUT2D eigenvalue weighted by Crippen LogP contribution is 2.20. The van der Waals surface area contributed by atoms with E-state index in [0.717, 1.165) is 37.0 Å². The molecule has 0 spiro atoms. The van der Waals surface area contributed by atoms with Crippen LogP contribution < -0.4 is 4.90 Å². The van der Waals surface area contributed by atoms with Gasteiger partial charge >= 0.3 is 0 Å². The van der Waals surface area contributed by atoms with Gasteiger partial charge in [0.05, 0.1) is 6.54 Å². The summed E-state index contributed by atoms with van der Waals surface area (Å²) in [6.45, 7) is 4.52. The van der Waals surface area contributed by atoms with E-state index in [9.17, 15) is 0 Å². The maximum absolute atomic E-state index is 5.35. The lowest BCUT2D eigenvalue weighted by molar-refractivity contribution is 0.215. The van der Waals surface area contributed by atoms with Crippen LogP contribution in [0.2, 0.25) is 0 Å². The molecule has 1 fully saturated rings. The molecule has 8 heteroatoms. The number of thiazole rings is 1. The molecule has 7 nitrogen and oxygen atoms in total. The van der Waals surface area contributed by atoms with Gasteiger partial charge in [-0.2, -0.15) is 4.98 Å². The van der Waals surface area contributed by atoms with Crippen LogP contribution in [0.1, 0.15) is 5.89 Å². The predicted octanol–water partition coefficient (Wildman–Crippen LogP) is 1.91. The fourth-order valence-corrected chi connectivity index (χ4v) is 3.28. The van der Waals surface area contributed by atoms with Crippen molar-refractivity contribution in [3.63, 3.8) is 0 Å². The maximum Gasteiger partial charge on any atom is 0.241 e. The number of hydrogen-bond donors (Lipinski definition) is 0. The van der Waals surface area contributed by atoms with E-state index in [1.165, 1.54) is 0 Å². The van der Waals surface area contributed by atoms with Crippen LogP contribution in [0.15, 0.2) is 40.5 Å². The molecular weight excluding hydrogens is 312 g/mol. The highest BCUT2D eigenvalue weighted by Gasteiger charge is 2.20. The summed E-state index contributed by atoms with van der Waals surface area (Å²) in [6.07, 6.45) is 3.58. The molecule has 118 valence electrons. The van der Waals surface area contributed by atoms with Crippen LogP contribution in [0.4, 0.5) is 5.13 Å². The number of rotatable bonds is 4. The second-order valence-electron chi connectivity index (χ2n) is 5.30. The Kier molecular flexibility index (Phi) is 3.99. The minimum absolute atomic E-state index is 0.544. The van der Waals surface area contributed by atoms with E-state index < -0.39 is 0 Å². The molecule has 4 heterocycles. The van der Waals surface area contributed by atoms with Crippen LogP contribution in [0, 0.1) is 0 Å². The van der Waals surface area contributed by atoms with Crippen molar-refractivity contribution in [3.05, 3.63) is 41.9 Å². The van der Waals surface area contributed by atoms with E-state index in [1.54, 1.807) is 17.5 Å². The third-order valence-electron chi connectivity index (χ3n) is 3.78. The van der Waals surface area contributed by atoms with Gasteiger partial charge in [0.25, 0.3) is 0 Å². The fourth-order valence-electron chi connectivity index (χ4n) is 2.58. The zero-order chi connectivity index (χ0) is 15.5. The van der Waals surface area contributed by atoms with Crippen molar-refractivity contribution < 1.29 is 4.52 Å². The first-order chi connectivity index (χ1) is 11.4. The maximum atomic E-state index is 5.35. The zero-order valence-corrected chi connectivity index (χ0v) is 13.3. The predicted molar refractivity (Wildman–Crippen MR) is 87.1 cm³/mol. The smallest absolute Gasteiger partial charge is 0.241 e. The molecule has 0 amide bonds. The monoisotopic (exact) mass is 328 g/mol.